The standard InChI is InChI=1S/C12H17NO4/c1-7-3-10(17-11(7)12(14)15)6-13-8-4-9(5-8)16-2/h3,8-9,13H,4-6H2,1-2H3,(H,14,15). The van der Waals surface area contributed by atoms with Crippen molar-refractivity contribution in [3.63, 3.8) is 0 Å². The molecule has 1 fully saturated rings. The van der Waals surface area contributed by atoms with E-state index >= 15 is 0 Å². The lowest BCUT2D eigenvalue weighted by Gasteiger charge is -2.34. The Morgan fingerprint density at radius 2 is 2.35 bits per heavy atom. The molecular weight excluding hydrogens is 222 g/mol. The molecule has 17 heavy (non-hydrogen) atoms. The number of furan rings is 1. The first-order valence-corrected chi connectivity index (χ1v) is 5.69. The van der Waals surface area contributed by atoms with Gasteiger partial charge in [0.2, 0.25) is 5.76 Å². The molecule has 5 heteroatoms. The smallest absolute Gasteiger partial charge is 0.372 e. The number of rotatable bonds is 5. The van der Waals surface area contributed by atoms with Crippen LogP contribution in [-0.2, 0) is 11.3 Å². The summed E-state index contributed by atoms with van der Waals surface area (Å²) < 4.78 is 10.4. The normalized spacial score (nSPS) is 23.4. The maximum atomic E-state index is 10.8. The van der Waals surface area contributed by atoms with Crippen LogP contribution < -0.4 is 5.32 Å². The highest BCUT2D eigenvalue weighted by Gasteiger charge is 2.28. The van der Waals surface area contributed by atoms with Crippen LogP contribution in [0.25, 0.3) is 0 Å². The maximum Gasteiger partial charge on any atom is 0.372 e. The van der Waals surface area contributed by atoms with E-state index in [4.69, 9.17) is 14.3 Å². The van der Waals surface area contributed by atoms with Crippen molar-refractivity contribution in [1.82, 2.24) is 5.32 Å². The van der Waals surface area contributed by atoms with Gasteiger partial charge in [-0.15, -0.1) is 0 Å². The molecule has 1 aromatic heterocycles. The highest BCUT2D eigenvalue weighted by molar-refractivity contribution is 5.86. The summed E-state index contributed by atoms with van der Waals surface area (Å²) in [6.07, 6.45) is 2.37. The van der Waals surface area contributed by atoms with E-state index in [-0.39, 0.29) is 5.76 Å². The van der Waals surface area contributed by atoms with Crippen molar-refractivity contribution in [2.24, 2.45) is 0 Å². The van der Waals surface area contributed by atoms with Gasteiger partial charge in [-0.3, -0.25) is 0 Å². The summed E-state index contributed by atoms with van der Waals surface area (Å²) in [6, 6.07) is 2.21. The van der Waals surface area contributed by atoms with Crippen molar-refractivity contribution in [1.29, 1.82) is 0 Å². The lowest BCUT2D eigenvalue weighted by molar-refractivity contribution is 0.0165. The van der Waals surface area contributed by atoms with E-state index in [2.05, 4.69) is 5.32 Å². The zero-order valence-electron chi connectivity index (χ0n) is 10.0. The molecule has 5 nitrogen and oxygen atoms in total. The average Bonchev–Trinajstić information content (AvgIpc) is 2.58. The summed E-state index contributed by atoms with van der Waals surface area (Å²) in [7, 11) is 1.72. The molecule has 0 bridgehead atoms. The summed E-state index contributed by atoms with van der Waals surface area (Å²) >= 11 is 0. The molecule has 2 rings (SSSR count). The second kappa shape index (κ2) is 4.89. The Morgan fingerprint density at radius 3 is 2.88 bits per heavy atom. The first-order valence-electron chi connectivity index (χ1n) is 5.69. The summed E-state index contributed by atoms with van der Waals surface area (Å²) in [5.74, 6) is -0.317. The highest BCUT2D eigenvalue weighted by Crippen LogP contribution is 2.23. The quantitative estimate of drug-likeness (QED) is 0.815. The van der Waals surface area contributed by atoms with Gasteiger partial charge in [0.25, 0.3) is 0 Å². The van der Waals surface area contributed by atoms with Gasteiger partial charge < -0.3 is 19.6 Å². The number of carboxylic acid groups (broad SMARTS) is 1. The lowest BCUT2D eigenvalue weighted by Crippen LogP contribution is -2.44. The summed E-state index contributed by atoms with van der Waals surface area (Å²) in [5, 5.41) is 12.2. The third-order valence-electron chi connectivity index (χ3n) is 3.16. The van der Waals surface area contributed by atoms with Crippen molar-refractivity contribution in [2.45, 2.75) is 38.5 Å². The van der Waals surface area contributed by atoms with Gasteiger partial charge in [-0.2, -0.15) is 0 Å². The monoisotopic (exact) mass is 239 g/mol. The van der Waals surface area contributed by atoms with Gasteiger partial charge in [0.05, 0.1) is 12.6 Å². The summed E-state index contributed by atoms with van der Waals surface area (Å²) in [4.78, 5) is 10.8. The molecule has 0 unspecified atom stereocenters. The fourth-order valence-corrected chi connectivity index (χ4v) is 2.02. The molecule has 94 valence electrons. The fourth-order valence-electron chi connectivity index (χ4n) is 2.02. The predicted molar refractivity (Wildman–Crippen MR) is 61.1 cm³/mol. The molecule has 1 heterocycles. The number of methoxy groups -OCH3 is 1. The van der Waals surface area contributed by atoms with Gasteiger partial charge in [-0.25, -0.2) is 4.79 Å². The molecular formula is C12H17NO4. The van der Waals surface area contributed by atoms with E-state index < -0.39 is 5.97 Å². The van der Waals surface area contributed by atoms with Crippen molar-refractivity contribution >= 4 is 5.97 Å². The van der Waals surface area contributed by atoms with E-state index in [9.17, 15) is 4.79 Å². The number of aryl methyl sites for hydroxylation is 1. The molecule has 1 aromatic rings. The second-order valence-corrected chi connectivity index (χ2v) is 4.44. The van der Waals surface area contributed by atoms with Gasteiger partial charge in [-0.1, -0.05) is 0 Å². The molecule has 0 amide bonds. The van der Waals surface area contributed by atoms with E-state index in [0.29, 0.717) is 30.0 Å². The number of aromatic carboxylic acids is 1. The van der Waals surface area contributed by atoms with Crippen LogP contribution in [0.1, 0.15) is 34.7 Å². The molecule has 0 atom stereocenters. The number of hydrogen-bond acceptors (Lipinski definition) is 4. The van der Waals surface area contributed by atoms with Crippen LogP contribution in [0.2, 0.25) is 0 Å². The Balaban J connectivity index is 1.84. The Kier molecular flexibility index (Phi) is 3.49. The average molecular weight is 239 g/mol. The Morgan fingerprint density at radius 1 is 1.65 bits per heavy atom. The minimum Gasteiger partial charge on any atom is -0.475 e. The largest absolute Gasteiger partial charge is 0.475 e. The number of nitrogens with one attached hydrogen (secondary N) is 1. The van der Waals surface area contributed by atoms with Crippen LogP contribution in [0.15, 0.2) is 10.5 Å². The zero-order valence-corrected chi connectivity index (χ0v) is 10.0. The van der Waals surface area contributed by atoms with Crippen molar-refractivity contribution in [3.8, 4) is 0 Å². The second-order valence-electron chi connectivity index (χ2n) is 4.44. The Hall–Kier alpha value is -1.33. The number of ether oxygens (including phenoxy) is 1. The van der Waals surface area contributed by atoms with Gasteiger partial charge >= 0.3 is 5.97 Å². The summed E-state index contributed by atoms with van der Waals surface area (Å²) in [5.41, 5.74) is 0.665. The van der Waals surface area contributed by atoms with E-state index in [1.807, 2.05) is 0 Å². The number of carbonyl (C=O) groups is 1. The molecule has 2 N–H and O–H groups in total. The van der Waals surface area contributed by atoms with Crippen LogP contribution in [-0.4, -0.2) is 30.3 Å². The van der Waals surface area contributed by atoms with Crippen LogP contribution in [0.5, 0.6) is 0 Å². The van der Waals surface area contributed by atoms with E-state index in [0.717, 1.165) is 12.8 Å². The molecule has 0 aromatic carbocycles. The van der Waals surface area contributed by atoms with Crippen molar-refractivity contribution in [2.75, 3.05) is 7.11 Å². The number of hydrogen-bond donors (Lipinski definition) is 2. The molecule has 1 aliphatic carbocycles. The van der Waals surface area contributed by atoms with Crippen LogP contribution in [0.3, 0.4) is 0 Å². The van der Waals surface area contributed by atoms with Gasteiger partial charge in [0.1, 0.15) is 5.76 Å². The first-order chi connectivity index (χ1) is 8.10. The third-order valence-corrected chi connectivity index (χ3v) is 3.16. The molecule has 0 aliphatic heterocycles. The highest BCUT2D eigenvalue weighted by atomic mass is 16.5. The Bertz CT molecular complexity index is 407. The zero-order chi connectivity index (χ0) is 12.4. The minimum atomic E-state index is -1.02. The summed E-state index contributed by atoms with van der Waals surface area (Å²) in [6.45, 7) is 2.30. The van der Waals surface area contributed by atoms with E-state index in [1.54, 1.807) is 20.1 Å². The Labute approximate surface area is 99.8 Å². The van der Waals surface area contributed by atoms with Crippen LogP contribution in [0, 0.1) is 6.92 Å². The van der Waals surface area contributed by atoms with Gasteiger partial charge in [-0.05, 0) is 25.8 Å². The van der Waals surface area contributed by atoms with Crippen LogP contribution >= 0.6 is 0 Å². The SMILES string of the molecule is COC1CC(NCc2cc(C)c(C(=O)O)o2)C1. The van der Waals surface area contributed by atoms with Crippen molar-refractivity contribution < 1.29 is 19.1 Å². The first kappa shape index (κ1) is 12.1. The van der Waals surface area contributed by atoms with Gasteiger partial charge in [0, 0.05) is 18.7 Å². The fraction of sp³-hybridized carbons (Fsp3) is 0.583. The third kappa shape index (κ3) is 2.68. The molecule has 0 spiro atoms. The van der Waals surface area contributed by atoms with E-state index in [1.165, 1.54) is 0 Å². The van der Waals surface area contributed by atoms with Gasteiger partial charge in [0.15, 0.2) is 0 Å². The predicted octanol–water partition coefficient (Wildman–Crippen LogP) is 1.55. The molecule has 1 saturated carbocycles. The van der Waals surface area contributed by atoms with Crippen molar-refractivity contribution in [3.05, 3.63) is 23.2 Å². The maximum absolute atomic E-state index is 10.8. The minimum absolute atomic E-state index is 0.0326. The van der Waals surface area contributed by atoms with Crippen LogP contribution in [0.4, 0.5) is 0 Å². The lowest BCUT2D eigenvalue weighted by atomic mass is 9.89. The molecule has 0 radical (unpaired) electrons. The molecule has 1 aliphatic rings. The topological polar surface area (TPSA) is 71.7 Å². The number of carboxylic acids is 1. The molecule has 0 saturated heterocycles.